The molecular weight excluding hydrogens is 384 g/mol. The lowest BCUT2D eigenvalue weighted by atomic mass is 9.93. The van der Waals surface area contributed by atoms with Crippen LogP contribution in [0.2, 0.25) is 0 Å². The Morgan fingerprint density at radius 3 is 1.00 bits per heavy atom. The molecule has 6 aromatic carbocycles. The third kappa shape index (κ3) is 3.42. The van der Waals surface area contributed by atoms with Gasteiger partial charge in [0, 0.05) is 0 Å². The lowest BCUT2D eigenvalue weighted by molar-refractivity contribution is 1.47. The normalized spacial score (nSPS) is 11.1. The molecular formula is C32H28. The van der Waals surface area contributed by atoms with E-state index in [1.54, 1.807) is 0 Å². The maximum atomic E-state index is 2.30. The highest BCUT2D eigenvalue weighted by atomic mass is 14.1. The van der Waals surface area contributed by atoms with Crippen molar-refractivity contribution in [1.82, 2.24) is 0 Å². The van der Waals surface area contributed by atoms with E-state index in [0.29, 0.717) is 0 Å². The second-order valence-corrected chi connectivity index (χ2v) is 8.79. The van der Waals surface area contributed by atoms with E-state index in [9.17, 15) is 0 Å². The van der Waals surface area contributed by atoms with Gasteiger partial charge in [-0.05, 0) is 105 Å². The van der Waals surface area contributed by atoms with Gasteiger partial charge in [0.05, 0.1) is 0 Å². The smallest absolute Gasteiger partial charge is 0.0146 e. The molecule has 0 radical (unpaired) electrons. The lowest BCUT2D eigenvalue weighted by Gasteiger charge is -2.11. The van der Waals surface area contributed by atoms with Gasteiger partial charge in [0.1, 0.15) is 0 Å². The fraction of sp³-hybridized carbons (Fsp3) is 0.125. The molecule has 0 spiro atoms. The summed E-state index contributed by atoms with van der Waals surface area (Å²) < 4.78 is 0. The zero-order valence-electron chi connectivity index (χ0n) is 19.2. The lowest BCUT2D eigenvalue weighted by Crippen LogP contribution is -1.87. The van der Waals surface area contributed by atoms with Crippen molar-refractivity contribution < 1.29 is 0 Å². The van der Waals surface area contributed by atoms with Gasteiger partial charge < -0.3 is 0 Å². The molecule has 0 amide bonds. The SMILES string of the molecule is Cc1c2ccccc2c(C)c2ccccc12.Cc1ccc(C)c2cc3ccccc3cc12. The molecule has 0 N–H and O–H groups in total. The average molecular weight is 413 g/mol. The summed E-state index contributed by atoms with van der Waals surface area (Å²) in [7, 11) is 0. The van der Waals surface area contributed by atoms with Gasteiger partial charge in [0.2, 0.25) is 0 Å². The summed E-state index contributed by atoms with van der Waals surface area (Å²) in [6.07, 6.45) is 0. The number of rotatable bonds is 0. The fourth-order valence-electron chi connectivity index (χ4n) is 4.89. The van der Waals surface area contributed by atoms with Crippen LogP contribution in [0, 0.1) is 27.7 Å². The van der Waals surface area contributed by atoms with Crippen LogP contribution in [0.1, 0.15) is 22.3 Å². The Bertz CT molecular complexity index is 1420. The highest BCUT2D eigenvalue weighted by molar-refractivity contribution is 6.05. The molecule has 6 rings (SSSR count). The van der Waals surface area contributed by atoms with Crippen LogP contribution in [0.4, 0.5) is 0 Å². The maximum absolute atomic E-state index is 2.30. The third-order valence-corrected chi connectivity index (χ3v) is 6.79. The average Bonchev–Trinajstić information content (AvgIpc) is 2.84. The van der Waals surface area contributed by atoms with Gasteiger partial charge in [0.15, 0.2) is 0 Å². The zero-order valence-corrected chi connectivity index (χ0v) is 19.2. The molecule has 0 nitrogen and oxygen atoms in total. The Labute approximate surface area is 190 Å². The molecule has 6 aromatic rings. The predicted octanol–water partition coefficient (Wildman–Crippen LogP) is 9.22. The fourth-order valence-corrected chi connectivity index (χ4v) is 4.89. The Balaban J connectivity index is 0.000000135. The Kier molecular flexibility index (Phi) is 5.15. The molecule has 0 aromatic heterocycles. The molecule has 0 aliphatic carbocycles. The number of benzene rings is 6. The number of hydrogen-bond donors (Lipinski definition) is 0. The van der Waals surface area contributed by atoms with Crippen LogP contribution in [0.3, 0.4) is 0 Å². The molecule has 32 heavy (non-hydrogen) atoms. The first-order valence-corrected chi connectivity index (χ1v) is 11.3. The van der Waals surface area contributed by atoms with Crippen molar-refractivity contribution in [1.29, 1.82) is 0 Å². The van der Waals surface area contributed by atoms with Gasteiger partial charge in [-0.25, -0.2) is 0 Å². The van der Waals surface area contributed by atoms with Crippen LogP contribution in [-0.4, -0.2) is 0 Å². The summed E-state index contributed by atoms with van der Waals surface area (Å²) in [5, 5.41) is 10.9. The summed E-state index contributed by atoms with van der Waals surface area (Å²) in [4.78, 5) is 0. The van der Waals surface area contributed by atoms with Crippen molar-refractivity contribution in [2.75, 3.05) is 0 Å². The van der Waals surface area contributed by atoms with Crippen molar-refractivity contribution in [3.63, 3.8) is 0 Å². The van der Waals surface area contributed by atoms with E-state index < -0.39 is 0 Å². The molecule has 0 bridgehead atoms. The topological polar surface area (TPSA) is 0 Å². The molecule has 0 atom stereocenters. The summed E-state index contributed by atoms with van der Waals surface area (Å²) in [5.74, 6) is 0. The van der Waals surface area contributed by atoms with Crippen molar-refractivity contribution in [2.24, 2.45) is 0 Å². The minimum atomic E-state index is 1.32. The van der Waals surface area contributed by atoms with Gasteiger partial charge in [-0.1, -0.05) is 84.9 Å². The van der Waals surface area contributed by atoms with Crippen molar-refractivity contribution >= 4 is 43.1 Å². The monoisotopic (exact) mass is 412 g/mol. The zero-order chi connectivity index (χ0) is 22.2. The van der Waals surface area contributed by atoms with Gasteiger partial charge in [0.25, 0.3) is 0 Å². The van der Waals surface area contributed by atoms with Crippen LogP contribution in [0.25, 0.3) is 43.1 Å². The Hall–Kier alpha value is -3.64. The second kappa shape index (κ2) is 8.13. The maximum Gasteiger partial charge on any atom is -0.0146 e. The standard InChI is InChI=1S/2C16H14/c1-11-13-7-3-5-9-15(13)12(2)16-10-6-4-8-14(11)16;1-11-7-8-12(2)16-10-14-6-4-3-5-13(14)9-15(11)16/h2*3-10H,1-2H3. The molecule has 0 heterocycles. The van der Waals surface area contributed by atoms with E-state index in [0.717, 1.165) is 0 Å². The summed E-state index contributed by atoms with van der Waals surface area (Å²) >= 11 is 0. The highest BCUT2D eigenvalue weighted by Gasteiger charge is 2.06. The molecule has 0 heteroatoms. The van der Waals surface area contributed by atoms with Gasteiger partial charge >= 0.3 is 0 Å². The molecule has 0 saturated heterocycles. The van der Waals surface area contributed by atoms with Crippen LogP contribution in [-0.2, 0) is 0 Å². The second-order valence-electron chi connectivity index (χ2n) is 8.79. The Morgan fingerprint density at radius 2 is 0.656 bits per heavy atom. The molecule has 156 valence electrons. The summed E-state index contributed by atoms with van der Waals surface area (Å²) in [5.41, 5.74) is 5.48. The van der Waals surface area contributed by atoms with Crippen LogP contribution in [0.5, 0.6) is 0 Å². The first kappa shape index (κ1) is 20.3. The van der Waals surface area contributed by atoms with Gasteiger partial charge in [-0.2, -0.15) is 0 Å². The highest BCUT2D eigenvalue weighted by Crippen LogP contribution is 2.31. The van der Waals surface area contributed by atoms with Crippen LogP contribution >= 0.6 is 0 Å². The van der Waals surface area contributed by atoms with E-state index in [4.69, 9.17) is 0 Å². The van der Waals surface area contributed by atoms with E-state index in [2.05, 4.69) is 125 Å². The quantitative estimate of drug-likeness (QED) is 0.218. The molecule has 0 unspecified atom stereocenters. The minimum absolute atomic E-state index is 1.32. The van der Waals surface area contributed by atoms with E-state index in [-0.39, 0.29) is 0 Å². The van der Waals surface area contributed by atoms with E-state index in [1.807, 2.05) is 0 Å². The van der Waals surface area contributed by atoms with Crippen molar-refractivity contribution in [2.45, 2.75) is 27.7 Å². The number of fused-ring (bicyclic) bond motifs is 4. The Morgan fingerprint density at radius 1 is 0.344 bits per heavy atom. The first-order chi connectivity index (χ1) is 15.5. The van der Waals surface area contributed by atoms with Gasteiger partial charge in [-0.15, -0.1) is 0 Å². The van der Waals surface area contributed by atoms with Crippen molar-refractivity contribution in [3.05, 3.63) is 119 Å². The summed E-state index contributed by atoms with van der Waals surface area (Å²) in [6, 6.07) is 34.9. The minimum Gasteiger partial charge on any atom is -0.0616 e. The van der Waals surface area contributed by atoms with Gasteiger partial charge in [-0.3, -0.25) is 0 Å². The number of hydrogen-bond acceptors (Lipinski definition) is 0. The van der Waals surface area contributed by atoms with Crippen molar-refractivity contribution in [3.8, 4) is 0 Å². The molecule has 0 saturated carbocycles. The molecule has 0 aliphatic heterocycles. The largest absolute Gasteiger partial charge is 0.0616 e. The molecule has 0 aliphatic rings. The summed E-state index contributed by atoms with van der Waals surface area (Å²) in [6.45, 7) is 8.78. The third-order valence-electron chi connectivity index (χ3n) is 6.79. The van der Waals surface area contributed by atoms with E-state index >= 15 is 0 Å². The predicted molar refractivity (Wildman–Crippen MR) is 142 cm³/mol. The number of aryl methyl sites for hydroxylation is 4. The van der Waals surface area contributed by atoms with Crippen LogP contribution < -0.4 is 0 Å². The van der Waals surface area contributed by atoms with E-state index in [1.165, 1.54) is 65.3 Å². The molecule has 0 fully saturated rings. The first-order valence-electron chi connectivity index (χ1n) is 11.3. The van der Waals surface area contributed by atoms with Crippen LogP contribution in [0.15, 0.2) is 97.1 Å².